The first kappa shape index (κ1) is 7.33. The van der Waals surface area contributed by atoms with Gasteiger partial charge in [0.15, 0.2) is 0 Å². The number of rotatable bonds is 1. The number of carbonyl (C=O) groups excluding carboxylic acids is 1. The molecule has 0 unspecified atom stereocenters. The zero-order valence-electron chi connectivity index (χ0n) is 5.65. The quantitative estimate of drug-likeness (QED) is 0.599. The minimum absolute atomic E-state index is 0.0417. The molecular formula is C6H7N3O2. The summed E-state index contributed by atoms with van der Waals surface area (Å²) in [5.74, 6) is 0.0417. The summed E-state index contributed by atoms with van der Waals surface area (Å²) in [6, 6.07) is 3.19. The van der Waals surface area contributed by atoms with E-state index in [0.717, 1.165) is 0 Å². The van der Waals surface area contributed by atoms with Gasteiger partial charge in [0.1, 0.15) is 0 Å². The molecule has 5 nitrogen and oxygen atoms in total. The highest BCUT2D eigenvalue weighted by Crippen LogP contribution is 2.15. The van der Waals surface area contributed by atoms with E-state index in [2.05, 4.69) is 9.72 Å². The third-order valence-corrected chi connectivity index (χ3v) is 0.998. The van der Waals surface area contributed by atoms with Gasteiger partial charge in [-0.2, -0.15) is 0 Å². The van der Waals surface area contributed by atoms with Crippen molar-refractivity contribution in [3.05, 3.63) is 18.3 Å². The van der Waals surface area contributed by atoms with Crippen molar-refractivity contribution in [2.75, 3.05) is 5.73 Å². The second kappa shape index (κ2) is 2.87. The maximum absolute atomic E-state index is 10.2. The molecule has 58 valence electrons. The Kier molecular flexibility index (Phi) is 1.91. The smallest absolute Gasteiger partial charge is 0.394 e. The van der Waals surface area contributed by atoms with Crippen molar-refractivity contribution < 1.29 is 9.53 Å². The van der Waals surface area contributed by atoms with Gasteiger partial charge < -0.3 is 16.2 Å². The van der Waals surface area contributed by atoms with E-state index in [1.165, 1.54) is 6.20 Å². The average Bonchev–Trinajstić information content (AvgIpc) is 1.93. The van der Waals surface area contributed by atoms with Gasteiger partial charge in [-0.15, -0.1) is 0 Å². The summed E-state index contributed by atoms with van der Waals surface area (Å²) in [5, 5.41) is 0. The molecule has 1 amide bonds. The van der Waals surface area contributed by atoms with Crippen LogP contribution in [0.4, 0.5) is 10.5 Å². The van der Waals surface area contributed by atoms with E-state index in [-0.39, 0.29) is 11.6 Å². The molecular weight excluding hydrogens is 146 g/mol. The SMILES string of the molecule is NC(=O)Oc1ncccc1N. The number of ether oxygens (including phenoxy) is 1. The third kappa shape index (κ3) is 1.82. The molecule has 0 atom stereocenters. The van der Waals surface area contributed by atoms with Crippen LogP contribution in [-0.4, -0.2) is 11.1 Å². The largest absolute Gasteiger partial charge is 0.411 e. The summed E-state index contributed by atoms with van der Waals surface area (Å²) in [7, 11) is 0. The highest BCUT2D eigenvalue weighted by Gasteiger charge is 2.02. The van der Waals surface area contributed by atoms with E-state index in [0.29, 0.717) is 0 Å². The molecule has 5 heteroatoms. The van der Waals surface area contributed by atoms with Gasteiger partial charge in [-0.05, 0) is 12.1 Å². The van der Waals surface area contributed by atoms with Crippen LogP contribution in [0.3, 0.4) is 0 Å². The molecule has 0 saturated carbocycles. The predicted molar refractivity (Wildman–Crippen MR) is 38.9 cm³/mol. The van der Waals surface area contributed by atoms with Gasteiger partial charge in [-0.1, -0.05) is 0 Å². The number of hydrogen-bond acceptors (Lipinski definition) is 4. The van der Waals surface area contributed by atoms with Crippen molar-refractivity contribution in [2.45, 2.75) is 0 Å². The van der Waals surface area contributed by atoms with Gasteiger partial charge >= 0.3 is 6.09 Å². The molecule has 0 aliphatic carbocycles. The van der Waals surface area contributed by atoms with E-state index < -0.39 is 6.09 Å². The molecule has 1 aromatic heterocycles. The van der Waals surface area contributed by atoms with Crippen molar-refractivity contribution >= 4 is 11.8 Å². The predicted octanol–water partition coefficient (Wildman–Crippen LogP) is 0.121. The molecule has 1 rings (SSSR count). The van der Waals surface area contributed by atoms with Crippen LogP contribution in [0.5, 0.6) is 5.88 Å². The number of nitrogens with two attached hydrogens (primary N) is 2. The molecule has 1 aromatic rings. The number of carbonyl (C=O) groups is 1. The number of aromatic nitrogens is 1. The topological polar surface area (TPSA) is 91.2 Å². The molecule has 0 bridgehead atoms. The Morgan fingerprint density at radius 2 is 2.36 bits per heavy atom. The number of nitrogen functional groups attached to an aromatic ring is 1. The summed E-state index contributed by atoms with van der Waals surface area (Å²) in [6.45, 7) is 0. The Morgan fingerprint density at radius 1 is 1.64 bits per heavy atom. The maximum atomic E-state index is 10.2. The summed E-state index contributed by atoms with van der Waals surface area (Å²) in [4.78, 5) is 13.9. The van der Waals surface area contributed by atoms with Crippen molar-refractivity contribution in [1.29, 1.82) is 0 Å². The molecule has 0 fully saturated rings. The lowest BCUT2D eigenvalue weighted by molar-refractivity contribution is 0.209. The standard InChI is InChI=1S/C6H7N3O2/c7-4-2-1-3-9-5(4)11-6(8)10/h1-3H,7H2,(H2,8,10). The van der Waals surface area contributed by atoms with Gasteiger partial charge in [-0.3, -0.25) is 0 Å². The number of nitrogens with zero attached hydrogens (tertiary/aromatic N) is 1. The molecule has 0 spiro atoms. The van der Waals surface area contributed by atoms with Crippen LogP contribution in [0.15, 0.2) is 18.3 Å². The monoisotopic (exact) mass is 153 g/mol. The number of hydrogen-bond donors (Lipinski definition) is 2. The highest BCUT2D eigenvalue weighted by atomic mass is 16.6. The fourth-order valence-corrected chi connectivity index (χ4v) is 0.584. The lowest BCUT2D eigenvalue weighted by atomic mass is 10.4. The van der Waals surface area contributed by atoms with E-state index in [1.54, 1.807) is 12.1 Å². The maximum Gasteiger partial charge on any atom is 0.411 e. The summed E-state index contributed by atoms with van der Waals surface area (Å²) < 4.78 is 4.45. The van der Waals surface area contributed by atoms with E-state index in [4.69, 9.17) is 11.5 Å². The first-order valence-electron chi connectivity index (χ1n) is 2.88. The lowest BCUT2D eigenvalue weighted by Crippen LogP contribution is -2.17. The minimum Gasteiger partial charge on any atom is -0.394 e. The Hall–Kier alpha value is -1.78. The average molecular weight is 153 g/mol. The van der Waals surface area contributed by atoms with Crippen molar-refractivity contribution in [3.63, 3.8) is 0 Å². The van der Waals surface area contributed by atoms with Crippen molar-refractivity contribution in [2.24, 2.45) is 5.73 Å². The number of anilines is 1. The Morgan fingerprint density at radius 3 is 2.91 bits per heavy atom. The molecule has 0 radical (unpaired) electrons. The number of amides is 1. The summed E-state index contributed by atoms with van der Waals surface area (Å²) in [6.07, 6.45) is 0.532. The number of pyridine rings is 1. The normalized spacial score (nSPS) is 9.09. The molecule has 0 saturated heterocycles. The van der Waals surface area contributed by atoms with E-state index in [1.807, 2.05) is 0 Å². The zero-order chi connectivity index (χ0) is 8.27. The van der Waals surface area contributed by atoms with Crippen LogP contribution < -0.4 is 16.2 Å². The van der Waals surface area contributed by atoms with Gasteiger partial charge in [0, 0.05) is 6.20 Å². The first-order valence-corrected chi connectivity index (χ1v) is 2.88. The van der Waals surface area contributed by atoms with Crippen LogP contribution in [0, 0.1) is 0 Å². The third-order valence-electron chi connectivity index (χ3n) is 0.998. The second-order valence-corrected chi connectivity index (χ2v) is 1.82. The molecule has 0 aliphatic heterocycles. The Bertz CT molecular complexity index is 274. The fraction of sp³-hybridized carbons (Fsp3) is 0. The number of primary amides is 1. The lowest BCUT2D eigenvalue weighted by Gasteiger charge is -2.00. The van der Waals surface area contributed by atoms with E-state index in [9.17, 15) is 4.79 Å². The summed E-state index contributed by atoms with van der Waals surface area (Å²) in [5.41, 5.74) is 10.4. The van der Waals surface area contributed by atoms with Crippen LogP contribution in [0.1, 0.15) is 0 Å². The van der Waals surface area contributed by atoms with Crippen LogP contribution in [0.25, 0.3) is 0 Å². The van der Waals surface area contributed by atoms with Crippen LogP contribution in [0.2, 0.25) is 0 Å². The Labute approximate surface area is 63.0 Å². The highest BCUT2D eigenvalue weighted by molar-refractivity contribution is 5.69. The Balaban J connectivity index is 2.86. The minimum atomic E-state index is -0.921. The summed E-state index contributed by atoms with van der Waals surface area (Å²) >= 11 is 0. The van der Waals surface area contributed by atoms with Gasteiger partial charge in [0.05, 0.1) is 5.69 Å². The van der Waals surface area contributed by atoms with Gasteiger partial charge in [0.25, 0.3) is 0 Å². The van der Waals surface area contributed by atoms with E-state index >= 15 is 0 Å². The van der Waals surface area contributed by atoms with Crippen molar-refractivity contribution in [1.82, 2.24) is 4.98 Å². The second-order valence-electron chi connectivity index (χ2n) is 1.82. The van der Waals surface area contributed by atoms with Crippen LogP contribution >= 0.6 is 0 Å². The first-order chi connectivity index (χ1) is 5.20. The van der Waals surface area contributed by atoms with Gasteiger partial charge in [0.2, 0.25) is 5.88 Å². The van der Waals surface area contributed by atoms with Crippen LogP contribution in [-0.2, 0) is 0 Å². The van der Waals surface area contributed by atoms with Gasteiger partial charge in [-0.25, -0.2) is 9.78 Å². The molecule has 4 N–H and O–H groups in total. The fourth-order valence-electron chi connectivity index (χ4n) is 0.584. The van der Waals surface area contributed by atoms with Crippen molar-refractivity contribution in [3.8, 4) is 5.88 Å². The molecule has 11 heavy (non-hydrogen) atoms. The zero-order valence-corrected chi connectivity index (χ0v) is 5.65. The molecule has 0 aliphatic rings. The molecule has 1 heterocycles. The molecule has 0 aromatic carbocycles.